The molecule has 0 fully saturated rings. The Labute approximate surface area is 235 Å². The Morgan fingerprint density at radius 1 is 1.00 bits per heavy atom. The van der Waals surface area contributed by atoms with E-state index in [1.54, 1.807) is 39.8 Å². The second-order valence-electron chi connectivity index (χ2n) is 10.5. The minimum atomic E-state index is -1.16. The zero-order valence-corrected chi connectivity index (χ0v) is 24.4. The topological polar surface area (TPSA) is 131 Å². The van der Waals surface area contributed by atoms with Crippen molar-refractivity contribution in [2.24, 2.45) is 5.73 Å². The molecule has 10 heteroatoms. The Morgan fingerprint density at radius 2 is 1.56 bits per heavy atom. The summed E-state index contributed by atoms with van der Waals surface area (Å²) in [5.41, 5.74) is 8.03. The summed E-state index contributed by atoms with van der Waals surface area (Å²) in [5.74, 6) is -1.65. The Morgan fingerprint density at radius 3 is 2.08 bits per heavy atom. The highest BCUT2D eigenvalue weighted by molar-refractivity contribution is 6.34. The first-order chi connectivity index (χ1) is 18.2. The molecule has 0 spiro atoms. The first-order valence-electron chi connectivity index (χ1n) is 12.9. The number of carbonyl (C=O) groups excluding carboxylic acids is 4. The molecule has 4 amide bonds. The van der Waals surface area contributed by atoms with E-state index in [2.05, 4.69) is 10.6 Å². The van der Waals surface area contributed by atoms with E-state index in [1.165, 1.54) is 4.90 Å². The molecule has 0 radical (unpaired) electrons. The van der Waals surface area contributed by atoms with Gasteiger partial charge in [0, 0.05) is 13.0 Å². The van der Waals surface area contributed by atoms with Crippen LogP contribution in [0.1, 0.15) is 68.8 Å². The lowest BCUT2D eigenvalue weighted by molar-refractivity contribution is -0.140. The number of para-hydroxylation sites is 1. The molecule has 0 aromatic heterocycles. The van der Waals surface area contributed by atoms with E-state index >= 15 is 0 Å². The number of ether oxygens (including phenoxy) is 1. The number of primary amides is 1. The van der Waals surface area contributed by atoms with Crippen LogP contribution in [-0.2, 0) is 19.1 Å². The summed E-state index contributed by atoms with van der Waals surface area (Å²) in [7, 11) is 0. The van der Waals surface area contributed by atoms with Crippen LogP contribution >= 0.6 is 11.6 Å². The van der Waals surface area contributed by atoms with Crippen molar-refractivity contribution in [3.63, 3.8) is 0 Å². The number of hydrogen-bond acceptors (Lipinski definition) is 5. The third kappa shape index (κ3) is 8.71. The smallest absolute Gasteiger partial charge is 0.408 e. The maximum Gasteiger partial charge on any atom is 0.408 e. The van der Waals surface area contributed by atoms with Crippen LogP contribution in [0.15, 0.2) is 36.4 Å². The Kier molecular flexibility index (Phi) is 10.9. The molecule has 9 nitrogen and oxygen atoms in total. The number of likely N-dealkylation sites (N-methyl/N-ethyl adjacent to an activating group) is 1. The summed E-state index contributed by atoms with van der Waals surface area (Å²) in [6, 6.07) is 8.67. The van der Waals surface area contributed by atoms with Gasteiger partial charge in [-0.1, -0.05) is 41.9 Å². The number of carbonyl (C=O) groups is 4. The van der Waals surface area contributed by atoms with Crippen LogP contribution in [0.3, 0.4) is 0 Å². The van der Waals surface area contributed by atoms with E-state index in [4.69, 9.17) is 22.1 Å². The fourth-order valence-electron chi connectivity index (χ4n) is 4.33. The third-order valence-electron chi connectivity index (χ3n) is 6.14. The van der Waals surface area contributed by atoms with Crippen LogP contribution in [0.2, 0.25) is 5.02 Å². The highest BCUT2D eigenvalue weighted by Gasteiger charge is 2.37. The molecule has 4 N–H and O–H groups in total. The van der Waals surface area contributed by atoms with E-state index in [9.17, 15) is 19.2 Å². The van der Waals surface area contributed by atoms with Crippen LogP contribution in [0.4, 0.5) is 10.5 Å². The first kappa shape index (κ1) is 31.6. The highest BCUT2D eigenvalue weighted by atomic mass is 35.5. The molecule has 0 saturated heterocycles. The van der Waals surface area contributed by atoms with Gasteiger partial charge in [-0.05, 0) is 83.2 Å². The summed E-state index contributed by atoms with van der Waals surface area (Å²) >= 11 is 6.39. The summed E-state index contributed by atoms with van der Waals surface area (Å²) < 4.78 is 5.34. The molecule has 2 rings (SSSR count). The molecule has 2 aromatic carbocycles. The molecule has 39 heavy (non-hydrogen) atoms. The van der Waals surface area contributed by atoms with Crippen LogP contribution in [-0.4, -0.2) is 46.9 Å². The van der Waals surface area contributed by atoms with Crippen LogP contribution in [0, 0.1) is 20.8 Å². The largest absolute Gasteiger partial charge is 0.444 e. The van der Waals surface area contributed by atoms with Crippen LogP contribution < -0.4 is 16.4 Å². The third-order valence-corrected chi connectivity index (χ3v) is 6.45. The predicted octanol–water partition coefficient (Wildman–Crippen LogP) is 4.95. The van der Waals surface area contributed by atoms with Gasteiger partial charge in [0.05, 0.1) is 10.7 Å². The molecule has 2 atom stereocenters. The van der Waals surface area contributed by atoms with E-state index in [-0.39, 0.29) is 19.4 Å². The molecule has 0 bridgehead atoms. The van der Waals surface area contributed by atoms with Crippen molar-refractivity contribution in [3.8, 4) is 0 Å². The summed E-state index contributed by atoms with van der Waals surface area (Å²) in [6.07, 6.45) is -1.03. The number of hydrogen-bond donors (Lipinski definition) is 3. The summed E-state index contributed by atoms with van der Waals surface area (Å²) in [5, 5.41) is 5.85. The molecule has 0 aliphatic rings. The van der Waals surface area contributed by atoms with Crippen molar-refractivity contribution in [2.75, 3.05) is 11.9 Å². The Balaban J connectivity index is 2.57. The quantitative estimate of drug-likeness (QED) is 0.379. The predicted molar refractivity (Wildman–Crippen MR) is 152 cm³/mol. The van der Waals surface area contributed by atoms with Gasteiger partial charge in [0.1, 0.15) is 17.7 Å². The van der Waals surface area contributed by atoms with Crippen molar-refractivity contribution < 1.29 is 23.9 Å². The molecular weight excluding hydrogens is 520 g/mol. The van der Waals surface area contributed by atoms with Crippen molar-refractivity contribution >= 4 is 41.1 Å². The molecular formula is C29H39ClN4O5. The van der Waals surface area contributed by atoms with E-state index in [0.717, 1.165) is 16.7 Å². The molecule has 0 saturated carbocycles. The maximum atomic E-state index is 14.0. The van der Waals surface area contributed by atoms with Crippen LogP contribution in [0.5, 0.6) is 0 Å². The summed E-state index contributed by atoms with van der Waals surface area (Å²) in [4.78, 5) is 53.6. The van der Waals surface area contributed by atoms with Gasteiger partial charge in [-0.2, -0.15) is 0 Å². The Hall–Kier alpha value is -3.59. The number of nitrogens with two attached hydrogens (primary N) is 1. The molecule has 0 aliphatic heterocycles. The molecule has 0 aliphatic carbocycles. The van der Waals surface area contributed by atoms with Gasteiger partial charge in [0.2, 0.25) is 11.8 Å². The number of nitrogens with zero attached hydrogens (tertiary/aromatic N) is 1. The standard InChI is InChI=1S/C29H39ClN4O5/c1-8-34(27(37)21(15-16-22(31)35)32-28(38)39-29(5,6)7)25(23-17(2)11-9-12-18(23)3)26(36)33-24-19(4)13-10-14-20(24)30/h9-14,21,25H,8,15-16H2,1-7H3,(H2,31,35)(H,32,38)(H,33,36). The van der Waals surface area contributed by atoms with E-state index in [0.29, 0.717) is 16.3 Å². The number of halogens is 1. The van der Waals surface area contributed by atoms with Gasteiger partial charge in [-0.25, -0.2) is 4.79 Å². The number of benzene rings is 2. The van der Waals surface area contributed by atoms with Crippen LogP contribution in [0.25, 0.3) is 0 Å². The fourth-order valence-corrected chi connectivity index (χ4v) is 4.60. The van der Waals surface area contributed by atoms with Gasteiger partial charge in [-0.15, -0.1) is 0 Å². The highest BCUT2D eigenvalue weighted by Crippen LogP contribution is 2.32. The molecule has 2 unspecified atom stereocenters. The minimum absolute atomic E-state index is 0.0609. The number of rotatable bonds is 10. The number of nitrogens with one attached hydrogen (secondary N) is 2. The van der Waals surface area contributed by atoms with Crippen molar-refractivity contribution in [2.45, 2.75) is 79.0 Å². The molecule has 0 heterocycles. The lowest BCUT2D eigenvalue weighted by atomic mass is 9.93. The normalized spacial score (nSPS) is 12.7. The van der Waals surface area contributed by atoms with E-state index in [1.807, 2.05) is 45.0 Å². The monoisotopic (exact) mass is 558 g/mol. The minimum Gasteiger partial charge on any atom is -0.444 e. The van der Waals surface area contributed by atoms with Gasteiger partial charge >= 0.3 is 6.09 Å². The SMILES string of the molecule is CCN(C(=O)C(CCC(N)=O)NC(=O)OC(C)(C)C)C(C(=O)Nc1c(C)cccc1Cl)c1c(C)cccc1C. The number of alkyl carbamates (subject to hydrolysis) is 1. The molecule has 2 aromatic rings. The first-order valence-corrected chi connectivity index (χ1v) is 13.2. The average Bonchev–Trinajstić information content (AvgIpc) is 2.81. The van der Waals surface area contributed by atoms with Gasteiger partial charge < -0.3 is 26.0 Å². The maximum absolute atomic E-state index is 14.0. The lowest BCUT2D eigenvalue weighted by Gasteiger charge is -2.35. The molecule has 212 valence electrons. The van der Waals surface area contributed by atoms with Crippen molar-refractivity contribution in [1.82, 2.24) is 10.2 Å². The zero-order valence-electron chi connectivity index (χ0n) is 23.7. The van der Waals surface area contributed by atoms with Crippen molar-refractivity contribution in [3.05, 3.63) is 63.7 Å². The number of amides is 4. The fraction of sp³-hybridized carbons (Fsp3) is 0.448. The second-order valence-corrected chi connectivity index (χ2v) is 10.9. The van der Waals surface area contributed by atoms with Gasteiger partial charge in [-0.3, -0.25) is 14.4 Å². The lowest BCUT2D eigenvalue weighted by Crippen LogP contribution is -2.52. The van der Waals surface area contributed by atoms with E-state index < -0.39 is 41.5 Å². The van der Waals surface area contributed by atoms with Gasteiger partial charge in [0.25, 0.3) is 5.91 Å². The number of anilines is 1. The Bertz CT molecular complexity index is 1180. The zero-order chi connectivity index (χ0) is 29.5. The summed E-state index contributed by atoms with van der Waals surface area (Å²) in [6.45, 7) is 12.5. The van der Waals surface area contributed by atoms with Crippen molar-refractivity contribution in [1.29, 1.82) is 0 Å². The second kappa shape index (κ2) is 13.5. The number of aryl methyl sites for hydroxylation is 3. The average molecular weight is 559 g/mol. The van der Waals surface area contributed by atoms with Gasteiger partial charge in [0.15, 0.2) is 0 Å².